The highest BCUT2D eigenvalue weighted by Gasteiger charge is 2.37. The van der Waals surface area contributed by atoms with Gasteiger partial charge in [-0.25, -0.2) is 4.79 Å². The van der Waals surface area contributed by atoms with E-state index in [1.165, 1.54) is 6.07 Å². The van der Waals surface area contributed by atoms with Crippen LogP contribution in [0.3, 0.4) is 0 Å². The molecule has 1 aliphatic rings. The highest BCUT2D eigenvalue weighted by Crippen LogP contribution is 2.35. The van der Waals surface area contributed by atoms with Gasteiger partial charge in [0.1, 0.15) is 12.1 Å². The summed E-state index contributed by atoms with van der Waals surface area (Å²) in [6, 6.07) is 21.6. The number of aliphatic carboxylic acids is 1. The first-order valence-electron chi connectivity index (χ1n) is 13.1. The minimum absolute atomic E-state index is 0.129. The maximum Gasteiger partial charge on any atom is 0.326 e. The predicted molar refractivity (Wildman–Crippen MR) is 150 cm³/mol. The molecule has 202 valence electrons. The first kappa shape index (κ1) is 27.6. The molecule has 0 saturated heterocycles. The Kier molecular flexibility index (Phi) is 8.76. The van der Waals surface area contributed by atoms with Gasteiger partial charge in [-0.1, -0.05) is 74.5 Å². The molecule has 39 heavy (non-hydrogen) atoms. The minimum Gasteiger partial charge on any atom is -0.480 e. The lowest BCUT2D eigenvalue weighted by Crippen LogP contribution is -2.51. The molecule has 0 radical (unpaired) electrons. The zero-order valence-electron chi connectivity index (χ0n) is 22.1. The number of hydrogen-bond donors (Lipinski definition) is 3. The number of nitrogens with zero attached hydrogens (tertiary/aromatic N) is 1. The van der Waals surface area contributed by atoms with Crippen molar-refractivity contribution in [2.24, 2.45) is 5.92 Å². The van der Waals surface area contributed by atoms with E-state index in [0.29, 0.717) is 24.2 Å². The van der Waals surface area contributed by atoms with E-state index in [0.717, 1.165) is 11.1 Å². The lowest BCUT2D eigenvalue weighted by atomic mass is 9.96. The molecule has 4 rings (SSSR count). The van der Waals surface area contributed by atoms with Gasteiger partial charge in [-0.2, -0.15) is 0 Å². The van der Waals surface area contributed by atoms with Gasteiger partial charge in [-0.05, 0) is 48.1 Å². The number of rotatable bonds is 10. The van der Waals surface area contributed by atoms with Crippen LogP contribution in [0.1, 0.15) is 48.2 Å². The Morgan fingerprint density at radius 1 is 0.949 bits per heavy atom. The molecule has 0 saturated carbocycles. The van der Waals surface area contributed by atoms with Crippen LogP contribution < -0.4 is 15.5 Å². The molecule has 1 aliphatic heterocycles. The van der Waals surface area contributed by atoms with Crippen molar-refractivity contribution in [3.05, 3.63) is 95.6 Å². The second-order valence-corrected chi connectivity index (χ2v) is 10.2. The van der Waals surface area contributed by atoms with E-state index >= 15 is 0 Å². The third-order valence-electron chi connectivity index (χ3n) is 6.71. The third-order valence-corrected chi connectivity index (χ3v) is 6.71. The van der Waals surface area contributed by atoms with Crippen LogP contribution in [0, 0.1) is 5.92 Å². The Morgan fingerprint density at radius 3 is 2.21 bits per heavy atom. The fourth-order valence-electron chi connectivity index (χ4n) is 4.76. The Morgan fingerprint density at radius 2 is 1.59 bits per heavy atom. The van der Waals surface area contributed by atoms with Crippen LogP contribution in [0.4, 0.5) is 11.4 Å². The summed E-state index contributed by atoms with van der Waals surface area (Å²) in [6.45, 7) is 3.99. The van der Waals surface area contributed by atoms with Crippen LogP contribution >= 0.6 is 0 Å². The zero-order valence-corrected chi connectivity index (χ0v) is 22.1. The van der Waals surface area contributed by atoms with Crippen LogP contribution in [0.15, 0.2) is 78.9 Å². The number of carboxylic acids is 1. The molecule has 0 bridgehead atoms. The number of amides is 3. The van der Waals surface area contributed by atoms with Crippen molar-refractivity contribution >= 4 is 35.1 Å². The molecule has 8 nitrogen and oxygen atoms in total. The standard InChI is InChI=1S/C31H33N3O5/c1-20(2)17-27-30(37)32-24-19-23(29(36)33-25(31(38)39)18-22-11-7-4-8-12-22)14-15-26(24)34(27)28(35)16-13-21-9-5-3-6-10-21/h3-12,14-15,19-20,25,27H,13,16-18H2,1-2H3,(H,32,37)(H,33,36)(H,38,39). The Balaban J connectivity index is 1.57. The number of carbonyl (C=O) groups excluding carboxylic acids is 3. The van der Waals surface area contributed by atoms with Crippen molar-refractivity contribution in [3.63, 3.8) is 0 Å². The Hall–Kier alpha value is -4.46. The first-order valence-corrected chi connectivity index (χ1v) is 13.1. The number of hydrogen-bond acceptors (Lipinski definition) is 4. The van der Waals surface area contributed by atoms with Crippen LogP contribution in [-0.2, 0) is 27.2 Å². The van der Waals surface area contributed by atoms with Crippen molar-refractivity contribution in [2.45, 2.75) is 51.6 Å². The van der Waals surface area contributed by atoms with Crippen molar-refractivity contribution < 1.29 is 24.3 Å². The molecule has 1 heterocycles. The molecule has 3 aromatic carbocycles. The summed E-state index contributed by atoms with van der Waals surface area (Å²) >= 11 is 0. The van der Waals surface area contributed by atoms with Gasteiger partial charge in [-0.3, -0.25) is 19.3 Å². The summed E-state index contributed by atoms with van der Waals surface area (Å²) in [4.78, 5) is 53.1. The fourth-order valence-corrected chi connectivity index (χ4v) is 4.76. The molecule has 0 fully saturated rings. The molecule has 0 aromatic heterocycles. The molecular weight excluding hydrogens is 494 g/mol. The number of anilines is 2. The van der Waals surface area contributed by atoms with Gasteiger partial charge >= 0.3 is 5.97 Å². The number of benzene rings is 3. The van der Waals surface area contributed by atoms with Crippen molar-refractivity contribution in [2.75, 3.05) is 10.2 Å². The second kappa shape index (κ2) is 12.4. The van der Waals surface area contributed by atoms with E-state index in [1.54, 1.807) is 29.2 Å². The monoisotopic (exact) mass is 527 g/mol. The van der Waals surface area contributed by atoms with Crippen LogP contribution in [0.5, 0.6) is 0 Å². The van der Waals surface area contributed by atoms with E-state index in [4.69, 9.17) is 0 Å². The molecular formula is C31H33N3O5. The minimum atomic E-state index is -1.15. The van der Waals surface area contributed by atoms with E-state index in [2.05, 4.69) is 10.6 Å². The van der Waals surface area contributed by atoms with Crippen LogP contribution in [-0.4, -0.2) is 40.9 Å². The SMILES string of the molecule is CC(C)CC1C(=O)Nc2cc(C(=O)NC(Cc3ccccc3)C(=O)O)ccc2N1C(=O)CCc1ccccc1. The number of nitrogens with one attached hydrogen (secondary N) is 2. The summed E-state index contributed by atoms with van der Waals surface area (Å²) in [6.07, 6.45) is 1.39. The van der Waals surface area contributed by atoms with Gasteiger partial charge in [0.25, 0.3) is 5.91 Å². The number of fused-ring (bicyclic) bond motifs is 1. The van der Waals surface area contributed by atoms with E-state index in [-0.39, 0.29) is 36.1 Å². The molecule has 2 atom stereocenters. The largest absolute Gasteiger partial charge is 0.480 e. The molecule has 2 unspecified atom stereocenters. The normalized spacial score (nSPS) is 15.3. The summed E-state index contributed by atoms with van der Waals surface area (Å²) in [7, 11) is 0. The molecule has 8 heteroatoms. The van der Waals surface area contributed by atoms with Gasteiger partial charge < -0.3 is 15.7 Å². The lowest BCUT2D eigenvalue weighted by Gasteiger charge is -2.37. The van der Waals surface area contributed by atoms with Gasteiger partial charge in [0.15, 0.2) is 0 Å². The smallest absolute Gasteiger partial charge is 0.326 e. The lowest BCUT2D eigenvalue weighted by molar-refractivity contribution is -0.139. The summed E-state index contributed by atoms with van der Waals surface area (Å²) in [5.74, 6) is -2.04. The summed E-state index contributed by atoms with van der Waals surface area (Å²) < 4.78 is 0. The molecule has 0 spiro atoms. The highest BCUT2D eigenvalue weighted by atomic mass is 16.4. The van der Waals surface area contributed by atoms with Gasteiger partial charge in [0.2, 0.25) is 11.8 Å². The average molecular weight is 528 g/mol. The van der Waals surface area contributed by atoms with E-state index in [9.17, 15) is 24.3 Å². The number of carboxylic acid groups (broad SMARTS) is 1. The summed E-state index contributed by atoms with van der Waals surface area (Å²) in [5.41, 5.74) is 2.86. The highest BCUT2D eigenvalue weighted by molar-refractivity contribution is 6.13. The Labute approximate surface area is 228 Å². The molecule has 3 aromatic rings. The number of carbonyl (C=O) groups is 4. The maximum atomic E-state index is 13.5. The van der Waals surface area contributed by atoms with Crippen LogP contribution in [0.2, 0.25) is 0 Å². The van der Waals surface area contributed by atoms with Crippen LogP contribution in [0.25, 0.3) is 0 Å². The average Bonchev–Trinajstić information content (AvgIpc) is 2.92. The second-order valence-electron chi connectivity index (χ2n) is 10.2. The van der Waals surface area contributed by atoms with E-state index in [1.807, 2.05) is 62.4 Å². The van der Waals surface area contributed by atoms with Crippen molar-refractivity contribution in [3.8, 4) is 0 Å². The molecule has 0 aliphatic carbocycles. The maximum absolute atomic E-state index is 13.5. The third kappa shape index (κ3) is 6.90. The number of aryl methyl sites for hydroxylation is 1. The summed E-state index contributed by atoms with van der Waals surface area (Å²) in [5, 5.41) is 15.1. The predicted octanol–water partition coefficient (Wildman–Crippen LogP) is 4.44. The quantitative estimate of drug-likeness (QED) is 0.360. The molecule has 3 amide bonds. The van der Waals surface area contributed by atoms with E-state index < -0.39 is 24.0 Å². The molecule has 3 N–H and O–H groups in total. The Bertz CT molecular complexity index is 1340. The van der Waals surface area contributed by atoms with Gasteiger partial charge in [0, 0.05) is 18.4 Å². The van der Waals surface area contributed by atoms with Crippen molar-refractivity contribution in [1.29, 1.82) is 0 Å². The van der Waals surface area contributed by atoms with Crippen molar-refractivity contribution in [1.82, 2.24) is 5.32 Å². The van der Waals surface area contributed by atoms with Gasteiger partial charge in [0.05, 0.1) is 11.4 Å². The van der Waals surface area contributed by atoms with Gasteiger partial charge in [-0.15, -0.1) is 0 Å². The topological polar surface area (TPSA) is 116 Å². The zero-order chi connectivity index (χ0) is 27.9. The first-order chi connectivity index (χ1) is 18.7. The fraction of sp³-hybridized carbons (Fsp3) is 0.290.